The summed E-state index contributed by atoms with van der Waals surface area (Å²) < 4.78 is 1.93. The van der Waals surface area contributed by atoms with Crippen LogP contribution in [0.25, 0.3) is 22.4 Å². The maximum Gasteiger partial charge on any atom is 0.240 e. The molecule has 0 atom stereocenters. The zero-order valence-electron chi connectivity index (χ0n) is 12.2. The fourth-order valence-corrected chi connectivity index (χ4v) is 2.58. The largest absolute Gasteiger partial charge is 0.355 e. The summed E-state index contributed by atoms with van der Waals surface area (Å²) in [6.07, 6.45) is 0. The maximum absolute atomic E-state index is 12.0. The number of likely N-dealkylation sites (N-methyl/N-ethyl adjacent to an activating group) is 1. The number of amides is 1. The van der Waals surface area contributed by atoms with E-state index in [1.807, 2.05) is 60.0 Å². The normalized spacial score (nSPS) is 10.8. The first-order valence-electron chi connectivity index (χ1n) is 7.17. The predicted octanol–water partition coefficient (Wildman–Crippen LogP) is 3.49. The van der Waals surface area contributed by atoms with E-state index in [9.17, 15) is 4.79 Å². The number of hydrogen-bond donors (Lipinski definition) is 1. The highest BCUT2D eigenvalue weighted by atomic mass is 35.5. The number of nitrogens with zero attached hydrogens (tertiary/aromatic N) is 2. The highest BCUT2D eigenvalue weighted by molar-refractivity contribution is 6.30. The number of halogens is 1. The average Bonchev–Trinajstić information content (AvgIpc) is 2.87. The van der Waals surface area contributed by atoms with Crippen molar-refractivity contribution in [1.82, 2.24) is 14.9 Å². The lowest BCUT2D eigenvalue weighted by atomic mass is 10.2. The molecule has 0 aliphatic carbocycles. The zero-order chi connectivity index (χ0) is 15.5. The number of nitrogens with one attached hydrogen (secondary N) is 1. The second-order valence-electron chi connectivity index (χ2n) is 4.97. The van der Waals surface area contributed by atoms with Crippen molar-refractivity contribution in [3.63, 3.8) is 0 Å². The van der Waals surface area contributed by atoms with Crippen molar-refractivity contribution in [2.45, 2.75) is 13.5 Å². The van der Waals surface area contributed by atoms with E-state index in [4.69, 9.17) is 11.6 Å². The lowest BCUT2D eigenvalue weighted by molar-refractivity contribution is -0.121. The molecular weight excluding hydrogens is 298 g/mol. The quantitative estimate of drug-likeness (QED) is 0.801. The molecule has 4 nitrogen and oxygen atoms in total. The van der Waals surface area contributed by atoms with Gasteiger partial charge in [0.1, 0.15) is 12.4 Å². The Kier molecular flexibility index (Phi) is 4.11. The van der Waals surface area contributed by atoms with E-state index in [1.54, 1.807) is 0 Å². The smallest absolute Gasteiger partial charge is 0.240 e. The van der Waals surface area contributed by atoms with Gasteiger partial charge in [0.05, 0.1) is 11.0 Å². The second kappa shape index (κ2) is 6.20. The van der Waals surface area contributed by atoms with Gasteiger partial charge in [0.2, 0.25) is 5.91 Å². The number of carbonyl (C=O) groups is 1. The van der Waals surface area contributed by atoms with Gasteiger partial charge in [-0.2, -0.15) is 0 Å². The SMILES string of the molecule is CCNC(=O)Cn1c(-c2ccc(Cl)cc2)nc2ccccc21. The summed E-state index contributed by atoms with van der Waals surface area (Å²) in [7, 11) is 0. The number of aromatic nitrogens is 2. The molecule has 2 aromatic carbocycles. The fourth-order valence-electron chi connectivity index (χ4n) is 2.45. The van der Waals surface area contributed by atoms with Crippen molar-refractivity contribution in [2.75, 3.05) is 6.54 Å². The highest BCUT2D eigenvalue weighted by Gasteiger charge is 2.14. The molecule has 3 rings (SSSR count). The Morgan fingerprint density at radius 2 is 1.91 bits per heavy atom. The molecule has 0 aliphatic heterocycles. The van der Waals surface area contributed by atoms with Crippen LogP contribution >= 0.6 is 11.6 Å². The van der Waals surface area contributed by atoms with E-state index in [-0.39, 0.29) is 12.5 Å². The monoisotopic (exact) mass is 313 g/mol. The van der Waals surface area contributed by atoms with Gasteiger partial charge >= 0.3 is 0 Å². The Morgan fingerprint density at radius 1 is 1.18 bits per heavy atom. The minimum absolute atomic E-state index is 0.0270. The first-order chi connectivity index (χ1) is 10.7. The van der Waals surface area contributed by atoms with Crippen LogP contribution in [0.3, 0.4) is 0 Å². The summed E-state index contributed by atoms with van der Waals surface area (Å²) in [5.41, 5.74) is 2.75. The van der Waals surface area contributed by atoms with Crippen LogP contribution in [-0.4, -0.2) is 22.0 Å². The number of fused-ring (bicyclic) bond motifs is 1. The molecule has 1 heterocycles. The predicted molar refractivity (Wildman–Crippen MR) is 88.9 cm³/mol. The Labute approximate surface area is 133 Å². The van der Waals surface area contributed by atoms with Crippen LogP contribution in [0.5, 0.6) is 0 Å². The zero-order valence-corrected chi connectivity index (χ0v) is 13.0. The fraction of sp³-hybridized carbons (Fsp3) is 0.176. The number of hydrogen-bond acceptors (Lipinski definition) is 2. The topological polar surface area (TPSA) is 46.9 Å². The average molecular weight is 314 g/mol. The van der Waals surface area contributed by atoms with Gasteiger partial charge < -0.3 is 9.88 Å². The molecule has 1 amide bonds. The molecular formula is C17H16ClN3O. The van der Waals surface area contributed by atoms with Crippen molar-refractivity contribution >= 4 is 28.5 Å². The maximum atomic E-state index is 12.0. The molecule has 112 valence electrons. The van der Waals surface area contributed by atoms with Gasteiger partial charge in [-0.25, -0.2) is 4.98 Å². The Morgan fingerprint density at radius 3 is 2.64 bits per heavy atom. The van der Waals surface area contributed by atoms with Crippen molar-refractivity contribution in [3.8, 4) is 11.4 Å². The third-order valence-corrected chi connectivity index (χ3v) is 3.68. The summed E-state index contributed by atoms with van der Waals surface area (Å²) in [5, 5.41) is 3.50. The van der Waals surface area contributed by atoms with Gasteiger partial charge in [-0.3, -0.25) is 4.79 Å². The first-order valence-corrected chi connectivity index (χ1v) is 7.54. The van der Waals surface area contributed by atoms with Crippen LogP contribution in [0.2, 0.25) is 5.02 Å². The standard InChI is InChI=1S/C17H16ClN3O/c1-2-19-16(22)11-21-15-6-4-3-5-14(15)20-17(21)12-7-9-13(18)10-8-12/h3-10H,2,11H2,1H3,(H,19,22). The van der Waals surface area contributed by atoms with E-state index >= 15 is 0 Å². The molecule has 3 aromatic rings. The van der Waals surface area contributed by atoms with Gasteiger partial charge in [0.15, 0.2) is 0 Å². The second-order valence-corrected chi connectivity index (χ2v) is 5.41. The molecule has 0 saturated carbocycles. The van der Waals surface area contributed by atoms with Gasteiger partial charge in [-0.15, -0.1) is 0 Å². The summed E-state index contributed by atoms with van der Waals surface area (Å²) >= 11 is 5.95. The third kappa shape index (κ3) is 2.83. The van der Waals surface area contributed by atoms with E-state index in [0.29, 0.717) is 11.6 Å². The highest BCUT2D eigenvalue weighted by Crippen LogP contribution is 2.25. The summed E-state index contributed by atoms with van der Waals surface area (Å²) in [6.45, 7) is 2.76. The Hall–Kier alpha value is -2.33. The van der Waals surface area contributed by atoms with Crippen LogP contribution in [0, 0.1) is 0 Å². The molecule has 0 aliphatic rings. The molecule has 1 N–H and O–H groups in total. The van der Waals surface area contributed by atoms with Crippen molar-refractivity contribution in [2.24, 2.45) is 0 Å². The minimum atomic E-state index is -0.0270. The van der Waals surface area contributed by atoms with Crippen LogP contribution in [0.4, 0.5) is 0 Å². The van der Waals surface area contributed by atoms with Crippen LogP contribution in [-0.2, 0) is 11.3 Å². The molecule has 1 aromatic heterocycles. The summed E-state index contributed by atoms with van der Waals surface area (Å²) in [4.78, 5) is 16.7. The van der Waals surface area contributed by atoms with Crippen molar-refractivity contribution in [1.29, 1.82) is 0 Å². The lowest BCUT2D eigenvalue weighted by Gasteiger charge is -2.09. The molecule has 0 bridgehead atoms. The molecule has 0 radical (unpaired) electrons. The lowest BCUT2D eigenvalue weighted by Crippen LogP contribution is -2.27. The summed E-state index contributed by atoms with van der Waals surface area (Å²) in [5.74, 6) is 0.741. The molecule has 0 spiro atoms. The number of imidazole rings is 1. The molecule has 0 fully saturated rings. The number of carbonyl (C=O) groups excluding carboxylic acids is 1. The Bertz CT molecular complexity index is 808. The van der Waals surface area contributed by atoms with Crippen molar-refractivity contribution in [3.05, 3.63) is 53.6 Å². The Balaban J connectivity index is 2.11. The van der Waals surface area contributed by atoms with Gasteiger partial charge in [-0.05, 0) is 43.3 Å². The first kappa shape index (κ1) is 14.6. The van der Waals surface area contributed by atoms with Crippen molar-refractivity contribution < 1.29 is 4.79 Å². The van der Waals surface area contributed by atoms with Gasteiger partial charge in [0, 0.05) is 17.1 Å². The molecule has 5 heteroatoms. The van der Waals surface area contributed by atoms with Gasteiger partial charge in [-0.1, -0.05) is 23.7 Å². The van der Waals surface area contributed by atoms with E-state index in [1.165, 1.54) is 0 Å². The number of para-hydroxylation sites is 2. The minimum Gasteiger partial charge on any atom is -0.355 e. The van der Waals surface area contributed by atoms with E-state index in [2.05, 4.69) is 10.3 Å². The van der Waals surface area contributed by atoms with Crippen LogP contribution in [0.1, 0.15) is 6.92 Å². The van der Waals surface area contributed by atoms with Gasteiger partial charge in [0.25, 0.3) is 0 Å². The third-order valence-electron chi connectivity index (χ3n) is 3.43. The van der Waals surface area contributed by atoms with Crippen LogP contribution < -0.4 is 5.32 Å². The number of benzene rings is 2. The van der Waals surface area contributed by atoms with Crippen LogP contribution in [0.15, 0.2) is 48.5 Å². The summed E-state index contributed by atoms with van der Waals surface area (Å²) in [6, 6.07) is 15.3. The molecule has 0 saturated heterocycles. The van der Waals surface area contributed by atoms with E-state index < -0.39 is 0 Å². The van der Waals surface area contributed by atoms with E-state index in [0.717, 1.165) is 22.4 Å². The molecule has 0 unspecified atom stereocenters. The number of rotatable bonds is 4. The molecule has 22 heavy (non-hydrogen) atoms.